The number of carboxylic acids is 1. The molecule has 0 atom stereocenters. The summed E-state index contributed by atoms with van der Waals surface area (Å²) in [4.78, 5) is 17.6. The van der Waals surface area contributed by atoms with E-state index in [4.69, 9.17) is 4.98 Å². The Labute approximate surface area is 182 Å². The van der Waals surface area contributed by atoms with Gasteiger partial charge in [-0.1, -0.05) is 66.2 Å². The molecule has 0 unspecified atom stereocenters. The molecule has 31 heavy (non-hydrogen) atoms. The van der Waals surface area contributed by atoms with Crippen LogP contribution in [0.5, 0.6) is 0 Å². The van der Waals surface area contributed by atoms with Crippen LogP contribution in [-0.4, -0.2) is 29.7 Å². The van der Waals surface area contributed by atoms with Gasteiger partial charge in [-0.3, -0.25) is 4.79 Å². The Morgan fingerprint density at radius 1 is 0.903 bits per heavy atom. The molecule has 0 spiro atoms. The standard InChI is InChI=1S/C27H26N2O2/c1-19-7-6-8-20(15-19)11-12-21-13-14-25-24(16-21)23(22-9-4-3-5-10-22)17-26(28-25)29(2)18-27(30)31/h3-10,13-17H,11-12,18H2,1-2H3,(H,30,31). The summed E-state index contributed by atoms with van der Waals surface area (Å²) >= 11 is 0. The molecule has 0 aliphatic carbocycles. The highest BCUT2D eigenvalue weighted by Gasteiger charge is 2.13. The fourth-order valence-electron chi connectivity index (χ4n) is 3.91. The van der Waals surface area contributed by atoms with Crippen LogP contribution in [-0.2, 0) is 17.6 Å². The smallest absolute Gasteiger partial charge is 0.323 e. The summed E-state index contributed by atoms with van der Waals surface area (Å²) in [6, 6.07) is 27.2. The molecule has 4 rings (SSSR count). The molecule has 0 radical (unpaired) electrons. The lowest BCUT2D eigenvalue weighted by Gasteiger charge is -2.18. The van der Waals surface area contributed by atoms with Crippen molar-refractivity contribution in [3.05, 3.63) is 95.6 Å². The molecule has 3 aromatic carbocycles. The van der Waals surface area contributed by atoms with Gasteiger partial charge in [0, 0.05) is 12.4 Å². The molecule has 0 saturated heterocycles. The second-order valence-electron chi connectivity index (χ2n) is 7.98. The van der Waals surface area contributed by atoms with Crippen LogP contribution in [0.4, 0.5) is 5.82 Å². The van der Waals surface area contributed by atoms with Crippen LogP contribution in [0.3, 0.4) is 0 Å². The summed E-state index contributed by atoms with van der Waals surface area (Å²) in [5, 5.41) is 10.3. The third-order valence-corrected chi connectivity index (χ3v) is 5.49. The molecule has 0 amide bonds. The Bertz CT molecular complexity index is 1220. The summed E-state index contributed by atoms with van der Waals surface area (Å²) in [5.74, 6) is -0.224. The number of hydrogen-bond donors (Lipinski definition) is 1. The van der Waals surface area contributed by atoms with Crippen molar-refractivity contribution in [1.29, 1.82) is 0 Å². The number of carboxylic acid groups (broad SMARTS) is 1. The van der Waals surface area contributed by atoms with Crippen LogP contribution in [0.2, 0.25) is 0 Å². The van der Waals surface area contributed by atoms with E-state index in [0.29, 0.717) is 5.82 Å². The van der Waals surface area contributed by atoms with Gasteiger partial charge in [-0.05, 0) is 60.2 Å². The van der Waals surface area contributed by atoms with Gasteiger partial charge in [-0.25, -0.2) is 4.98 Å². The van der Waals surface area contributed by atoms with E-state index < -0.39 is 5.97 Å². The molecule has 156 valence electrons. The van der Waals surface area contributed by atoms with Crippen molar-refractivity contribution in [3.63, 3.8) is 0 Å². The second-order valence-corrected chi connectivity index (χ2v) is 7.98. The Morgan fingerprint density at radius 3 is 2.35 bits per heavy atom. The van der Waals surface area contributed by atoms with Crippen LogP contribution >= 0.6 is 0 Å². The first-order valence-corrected chi connectivity index (χ1v) is 10.5. The minimum Gasteiger partial charge on any atom is -0.480 e. The maximum absolute atomic E-state index is 11.2. The lowest BCUT2D eigenvalue weighted by Crippen LogP contribution is -2.26. The van der Waals surface area contributed by atoms with E-state index in [2.05, 4.69) is 55.5 Å². The molecule has 0 aliphatic rings. The summed E-state index contributed by atoms with van der Waals surface area (Å²) in [6.07, 6.45) is 1.94. The van der Waals surface area contributed by atoms with Gasteiger partial charge >= 0.3 is 5.97 Å². The van der Waals surface area contributed by atoms with Crippen LogP contribution in [0.25, 0.3) is 22.0 Å². The number of rotatable bonds is 7. The van der Waals surface area contributed by atoms with Gasteiger partial charge in [0.2, 0.25) is 0 Å². The first-order valence-electron chi connectivity index (χ1n) is 10.5. The largest absolute Gasteiger partial charge is 0.480 e. The lowest BCUT2D eigenvalue weighted by molar-refractivity contribution is -0.135. The molecule has 4 aromatic rings. The van der Waals surface area contributed by atoms with E-state index in [-0.39, 0.29) is 6.54 Å². The number of nitrogens with zero attached hydrogens (tertiary/aromatic N) is 2. The predicted molar refractivity (Wildman–Crippen MR) is 127 cm³/mol. The van der Waals surface area contributed by atoms with Crippen molar-refractivity contribution in [2.24, 2.45) is 0 Å². The third-order valence-electron chi connectivity index (χ3n) is 5.49. The molecule has 0 aliphatic heterocycles. The molecular formula is C27H26N2O2. The van der Waals surface area contributed by atoms with Crippen molar-refractivity contribution in [2.45, 2.75) is 19.8 Å². The highest BCUT2D eigenvalue weighted by molar-refractivity contribution is 5.96. The number of carbonyl (C=O) groups is 1. The van der Waals surface area contributed by atoms with E-state index in [1.54, 1.807) is 11.9 Å². The highest BCUT2D eigenvalue weighted by atomic mass is 16.4. The van der Waals surface area contributed by atoms with Crippen molar-refractivity contribution in [2.75, 3.05) is 18.5 Å². The first kappa shape index (κ1) is 20.6. The van der Waals surface area contributed by atoms with Crippen LogP contribution in [0.1, 0.15) is 16.7 Å². The van der Waals surface area contributed by atoms with Crippen molar-refractivity contribution in [1.82, 2.24) is 4.98 Å². The fourth-order valence-corrected chi connectivity index (χ4v) is 3.91. The lowest BCUT2D eigenvalue weighted by atomic mass is 9.97. The van der Waals surface area contributed by atoms with Crippen LogP contribution in [0, 0.1) is 6.92 Å². The molecule has 1 aromatic heterocycles. The second kappa shape index (κ2) is 9.00. The number of anilines is 1. The van der Waals surface area contributed by atoms with Gasteiger partial charge in [0.15, 0.2) is 0 Å². The van der Waals surface area contributed by atoms with Gasteiger partial charge in [-0.15, -0.1) is 0 Å². The number of likely N-dealkylation sites (N-methyl/N-ethyl adjacent to an activating group) is 1. The van der Waals surface area contributed by atoms with E-state index >= 15 is 0 Å². The van der Waals surface area contributed by atoms with Crippen molar-refractivity contribution in [3.8, 4) is 11.1 Å². The number of pyridine rings is 1. The molecule has 0 fully saturated rings. The maximum atomic E-state index is 11.2. The van der Waals surface area contributed by atoms with Gasteiger partial charge in [-0.2, -0.15) is 0 Å². The minimum absolute atomic E-state index is 0.0959. The Morgan fingerprint density at radius 2 is 1.65 bits per heavy atom. The predicted octanol–water partition coefficient (Wildman–Crippen LogP) is 5.52. The number of aryl methyl sites for hydroxylation is 3. The van der Waals surface area contributed by atoms with Gasteiger partial charge in [0.05, 0.1) is 5.52 Å². The summed E-state index contributed by atoms with van der Waals surface area (Å²) in [6.45, 7) is 2.03. The SMILES string of the molecule is Cc1cccc(CCc2ccc3nc(N(C)CC(=O)O)cc(-c4ccccc4)c3c2)c1. The topological polar surface area (TPSA) is 53.4 Å². The minimum atomic E-state index is -0.878. The quantitative estimate of drug-likeness (QED) is 0.436. The van der Waals surface area contributed by atoms with Crippen LogP contribution < -0.4 is 4.90 Å². The zero-order valence-corrected chi connectivity index (χ0v) is 17.9. The van der Waals surface area contributed by atoms with Gasteiger partial charge in [0.25, 0.3) is 0 Å². The number of benzene rings is 3. The molecule has 4 nitrogen and oxygen atoms in total. The average Bonchev–Trinajstić information content (AvgIpc) is 2.77. The molecule has 4 heteroatoms. The maximum Gasteiger partial charge on any atom is 0.323 e. The molecule has 0 bridgehead atoms. The molecule has 0 saturated carbocycles. The molecule has 1 N–H and O–H groups in total. The van der Waals surface area contributed by atoms with E-state index in [1.165, 1.54) is 16.7 Å². The Balaban J connectivity index is 1.73. The summed E-state index contributed by atoms with van der Waals surface area (Å²) < 4.78 is 0. The fraction of sp³-hybridized carbons (Fsp3) is 0.185. The highest BCUT2D eigenvalue weighted by Crippen LogP contribution is 2.32. The Kier molecular flexibility index (Phi) is 5.99. The van der Waals surface area contributed by atoms with Crippen molar-refractivity contribution >= 4 is 22.7 Å². The number of aromatic nitrogens is 1. The molecular weight excluding hydrogens is 384 g/mol. The van der Waals surface area contributed by atoms with Gasteiger partial charge < -0.3 is 10.0 Å². The zero-order valence-electron chi connectivity index (χ0n) is 17.9. The van der Waals surface area contributed by atoms with E-state index in [9.17, 15) is 9.90 Å². The first-order chi connectivity index (χ1) is 15.0. The Hall–Kier alpha value is -3.66. The van der Waals surface area contributed by atoms with Crippen LogP contribution in [0.15, 0.2) is 78.9 Å². The zero-order chi connectivity index (χ0) is 21.8. The van der Waals surface area contributed by atoms with Gasteiger partial charge in [0.1, 0.15) is 12.4 Å². The number of hydrogen-bond acceptors (Lipinski definition) is 3. The molecule has 1 heterocycles. The van der Waals surface area contributed by atoms with E-state index in [0.717, 1.165) is 34.9 Å². The summed E-state index contributed by atoms with van der Waals surface area (Å²) in [7, 11) is 1.76. The monoisotopic (exact) mass is 410 g/mol. The summed E-state index contributed by atoms with van der Waals surface area (Å²) in [5.41, 5.74) is 6.91. The average molecular weight is 411 g/mol. The number of aliphatic carboxylic acids is 1. The van der Waals surface area contributed by atoms with Crippen molar-refractivity contribution < 1.29 is 9.90 Å². The normalized spacial score (nSPS) is 10.9. The third kappa shape index (κ3) is 4.92. The van der Waals surface area contributed by atoms with E-state index in [1.807, 2.05) is 30.3 Å². The number of fused-ring (bicyclic) bond motifs is 1.